The van der Waals surface area contributed by atoms with E-state index < -0.39 is 11.8 Å². The predicted octanol–water partition coefficient (Wildman–Crippen LogP) is 5.67. The number of anilines is 2. The van der Waals surface area contributed by atoms with E-state index >= 15 is 0 Å². The lowest BCUT2D eigenvalue weighted by Crippen LogP contribution is -2.32. The Kier molecular flexibility index (Phi) is 5.76. The third-order valence-electron chi connectivity index (χ3n) is 5.46. The van der Waals surface area contributed by atoms with Crippen LogP contribution in [0.25, 0.3) is 5.57 Å². The van der Waals surface area contributed by atoms with Crippen molar-refractivity contribution < 1.29 is 14.3 Å². The average molecular weight is 447 g/mol. The molecule has 1 N–H and O–H groups in total. The lowest BCUT2D eigenvalue weighted by Gasteiger charge is -2.19. The van der Waals surface area contributed by atoms with E-state index in [0.717, 1.165) is 27.3 Å². The number of carbonyl (C=O) groups excluding carboxylic acids is 2. The predicted molar refractivity (Wildman–Crippen MR) is 128 cm³/mol. The normalized spacial score (nSPS) is 13.7. The lowest BCUT2D eigenvalue weighted by atomic mass is 10.0. The van der Waals surface area contributed by atoms with E-state index in [0.29, 0.717) is 27.6 Å². The van der Waals surface area contributed by atoms with Gasteiger partial charge in [-0.1, -0.05) is 53.6 Å². The zero-order valence-electron chi connectivity index (χ0n) is 18.3. The van der Waals surface area contributed by atoms with Crippen LogP contribution in [0.1, 0.15) is 22.3 Å². The molecule has 6 heteroatoms. The van der Waals surface area contributed by atoms with Gasteiger partial charge in [0.05, 0.1) is 18.4 Å². The van der Waals surface area contributed by atoms with Crippen molar-refractivity contribution in [3.63, 3.8) is 0 Å². The molecule has 0 spiro atoms. The van der Waals surface area contributed by atoms with Crippen LogP contribution < -0.4 is 15.0 Å². The molecule has 3 aromatic rings. The lowest BCUT2D eigenvalue weighted by molar-refractivity contribution is -0.120. The third-order valence-corrected chi connectivity index (χ3v) is 5.69. The first kappa shape index (κ1) is 21.7. The summed E-state index contributed by atoms with van der Waals surface area (Å²) in [4.78, 5) is 28.4. The highest BCUT2D eigenvalue weighted by Crippen LogP contribution is 2.39. The number of halogens is 1. The number of rotatable bonds is 5. The minimum Gasteiger partial charge on any atom is -0.495 e. The van der Waals surface area contributed by atoms with Crippen LogP contribution >= 0.6 is 11.6 Å². The fourth-order valence-corrected chi connectivity index (χ4v) is 3.86. The van der Waals surface area contributed by atoms with E-state index in [-0.39, 0.29) is 5.70 Å². The molecule has 0 fully saturated rings. The Bertz CT molecular complexity index is 1260. The Morgan fingerprint density at radius 1 is 0.844 bits per heavy atom. The van der Waals surface area contributed by atoms with Crippen molar-refractivity contribution in [3.05, 3.63) is 93.6 Å². The van der Waals surface area contributed by atoms with E-state index in [1.54, 1.807) is 18.2 Å². The van der Waals surface area contributed by atoms with Crippen molar-refractivity contribution in [1.29, 1.82) is 0 Å². The van der Waals surface area contributed by atoms with Gasteiger partial charge >= 0.3 is 0 Å². The van der Waals surface area contributed by atoms with Crippen molar-refractivity contribution >= 4 is 40.4 Å². The zero-order valence-corrected chi connectivity index (χ0v) is 19.1. The van der Waals surface area contributed by atoms with Gasteiger partial charge in [-0.25, -0.2) is 4.90 Å². The number of hydrogen-bond donors (Lipinski definition) is 1. The Morgan fingerprint density at radius 3 is 2.22 bits per heavy atom. The molecule has 1 aliphatic rings. The summed E-state index contributed by atoms with van der Waals surface area (Å²) in [5.41, 5.74) is 5.32. The molecule has 0 aliphatic carbocycles. The second-order valence-corrected chi connectivity index (χ2v) is 8.26. The minimum absolute atomic E-state index is 0.217. The molecule has 0 unspecified atom stereocenters. The van der Waals surface area contributed by atoms with Gasteiger partial charge in [0, 0.05) is 10.7 Å². The van der Waals surface area contributed by atoms with Crippen LogP contribution in [0.5, 0.6) is 5.75 Å². The topological polar surface area (TPSA) is 58.6 Å². The molecule has 1 heterocycles. The Labute approximate surface area is 192 Å². The molecule has 3 aromatic carbocycles. The fourth-order valence-electron chi connectivity index (χ4n) is 3.70. The molecule has 5 nitrogen and oxygen atoms in total. The highest BCUT2D eigenvalue weighted by molar-refractivity contribution is 6.46. The summed E-state index contributed by atoms with van der Waals surface area (Å²) in [5.74, 6) is -0.522. The first-order valence-corrected chi connectivity index (χ1v) is 10.6. The van der Waals surface area contributed by atoms with Crippen LogP contribution in [0.15, 0.2) is 66.4 Å². The van der Waals surface area contributed by atoms with Crippen LogP contribution in [0.4, 0.5) is 11.4 Å². The molecule has 0 atom stereocenters. The fraction of sp³-hybridized carbons (Fsp3) is 0.154. The van der Waals surface area contributed by atoms with Gasteiger partial charge in [-0.3, -0.25) is 9.59 Å². The standard InChI is InChI=1S/C26H23ClN2O3/c1-15-6-9-18(10-7-15)23-24(28-20-13-16(2)5-8-17(20)3)26(31)29(25(23)30)21-14-19(27)11-12-22(21)32-4/h5-14,28H,1-4H3. The van der Waals surface area contributed by atoms with Gasteiger partial charge in [-0.05, 0) is 61.7 Å². The van der Waals surface area contributed by atoms with E-state index in [1.165, 1.54) is 7.11 Å². The summed E-state index contributed by atoms with van der Waals surface area (Å²) < 4.78 is 5.41. The van der Waals surface area contributed by atoms with Crippen molar-refractivity contribution in [2.45, 2.75) is 20.8 Å². The molecule has 4 rings (SSSR count). The summed E-state index contributed by atoms with van der Waals surface area (Å²) in [6, 6.07) is 18.3. The largest absolute Gasteiger partial charge is 0.495 e. The first-order valence-electron chi connectivity index (χ1n) is 10.2. The average Bonchev–Trinajstić information content (AvgIpc) is 3.00. The number of carbonyl (C=O) groups is 2. The third kappa shape index (κ3) is 3.87. The number of aryl methyl sites for hydroxylation is 3. The van der Waals surface area contributed by atoms with Crippen LogP contribution in [0.3, 0.4) is 0 Å². The Hall–Kier alpha value is -3.57. The van der Waals surface area contributed by atoms with E-state index in [2.05, 4.69) is 5.32 Å². The summed E-state index contributed by atoms with van der Waals surface area (Å²) in [7, 11) is 1.49. The van der Waals surface area contributed by atoms with E-state index in [1.807, 2.05) is 63.2 Å². The molecule has 162 valence electrons. The second kappa shape index (κ2) is 8.52. The van der Waals surface area contributed by atoms with Crippen LogP contribution in [-0.4, -0.2) is 18.9 Å². The quantitative estimate of drug-likeness (QED) is 0.513. The molecule has 0 radical (unpaired) electrons. The molecular formula is C26H23ClN2O3. The van der Waals surface area contributed by atoms with Gasteiger partial charge in [0.1, 0.15) is 11.4 Å². The smallest absolute Gasteiger partial charge is 0.282 e. The molecule has 2 amide bonds. The first-order chi connectivity index (χ1) is 15.3. The van der Waals surface area contributed by atoms with Gasteiger partial charge in [-0.15, -0.1) is 0 Å². The number of amides is 2. The van der Waals surface area contributed by atoms with E-state index in [9.17, 15) is 9.59 Å². The number of methoxy groups -OCH3 is 1. The maximum Gasteiger partial charge on any atom is 0.282 e. The summed E-state index contributed by atoms with van der Waals surface area (Å²) in [6.07, 6.45) is 0. The summed E-state index contributed by atoms with van der Waals surface area (Å²) in [6.45, 7) is 5.90. The van der Waals surface area contributed by atoms with Gasteiger partial charge < -0.3 is 10.1 Å². The number of ether oxygens (including phenoxy) is 1. The number of benzene rings is 3. The highest BCUT2D eigenvalue weighted by Gasteiger charge is 2.41. The molecule has 0 saturated carbocycles. The SMILES string of the molecule is COc1ccc(Cl)cc1N1C(=O)C(Nc2cc(C)ccc2C)=C(c2ccc(C)cc2)C1=O. The second-order valence-electron chi connectivity index (χ2n) is 7.82. The highest BCUT2D eigenvalue weighted by atomic mass is 35.5. The number of nitrogens with zero attached hydrogens (tertiary/aromatic N) is 1. The molecular weight excluding hydrogens is 424 g/mol. The van der Waals surface area contributed by atoms with Crippen molar-refractivity contribution in [3.8, 4) is 5.75 Å². The van der Waals surface area contributed by atoms with Gasteiger partial charge in [0.15, 0.2) is 0 Å². The molecule has 32 heavy (non-hydrogen) atoms. The molecule has 0 aromatic heterocycles. The summed E-state index contributed by atoms with van der Waals surface area (Å²) >= 11 is 6.19. The van der Waals surface area contributed by atoms with Crippen molar-refractivity contribution in [1.82, 2.24) is 0 Å². The minimum atomic E-state index is -0.466. The maximum absolute atomic E-state index is 13.6. The van der Waals surface area contributed by atoms with E-state index in [4.69, 9.17) is 16.3 Å². The van der Waals surface area contributed by atoms with Gasteiger partial charge in [0.2, 0.25) is 0 Å². The molecule has 0 saturated heterocycles. The van der Waals surface area contributed by atoms with Gasteiger partial charge in [0.25, 0.3) is 11.8 Å². The Morgan fingerprint density at radius 2 is 1.53 bits per heavy atom. The summed E-state index contributed by atoms with van der Waals surface area (Å²) in [5, 5.41) is 3.64. The molecule has 0 bridgehead atoms. The monoisotopic (exact) mass is 446 g/mol. The van der Waals surface area contributed by atoms with Crippen LogP contribution in [0, 0.1) is 20.8 Å². The van der Waals surface area contributed by atoms with Crippen molar-refractivity contribution in [2.24, 2.45) is 0 Å². The Balaban J connectivity index is 1.88. The van der Waals surface area contributed by atoms with Crippen molar-refractivity contribution in [2.75, 3.05) is 17.3 Å². The zero-order chi connectivity index (χ0) is 23.0. The number of nitrogens with one attached hydrogen (secondary N) is 1. The van der Waals surface area contributed by atoms with Crippen LogP contribution in [-0.2, 0) is 9.59 Å². The van der Waals surface area contributed by atoms with Gasteiger partial charge in [-0.2, -0.15) is 0 Å². The number of imide groups is 1. The van der Waals surface area contributed by atoms with Crippen LogP contribution in [0.2, 0.25) is 5.02 Å². The number of hydrogen-bond acceptors (Lipinski definition) is 4. The molecule has 1 aliphatic heterocycles. The maximum atomic E-state index is 13.6.